The third kappa shape index (κ3) is 6.55. The van der Waals surface area contributed by atoms with E-state index in [2.05, 4.69) is 34.5 Å². The zero-order valence-corrected chi connectivity index (χ0v) is 20.5. The summed E-state index contributed by atoms with van der Waals surface area (Å²) in [6, 6.07) is 16.5. The van der Waals surface area contributed by atoms with Crippen molar-refractivity contribution in [1.82, 2.24) is 15.1 Å². The lowest BCUT2D eigenvalue weighted by Crippen LogP contribution is -2.49. The van der Waals surface area contributed by atoms with Gasteiger partial charge in [0.25, 0.3) is 0 Å². The molecule has 1 saturated heterocycles. The van der Waals surface area contributed by atoms with Crippen LogP contribution in [0.15, 0.2) is 48.5 Å². The van der Waals surface area contributed by atoms with Crippen molar-refractivity contribution in [2.75, 3.05) is 57.4 Å². The van der Waals surface area contributed by atoms with E-state index in [0.717, 1.165) is 0 Å². The van der Waals surface area contributed by atoms with E-state index in [1.165, 1.54) is 34.0 Å². The molecule has 0 saturated carbocycles. The molecule has 0 aromatic heterocycles. The number of thioether (sulfide) groups is 1. The first-order valence-electron chi connectivity index (χ1n) is 11.9. The lowest BCUT2D eigenvalue weighted by atomic mass is 9.98. The second-order valence-electron chi connectivity index (χ2n) is 8.67. The van der Waals surface area contributed by atoms with Crippen LogP contribution in [-0.4, -0.2) is 90.3 Å². The average molecular weight is 498 g/mol. The van der Waals surface area contributed by atoms with Gasteiger partial charge in [0.15, 0.2) is 0 Å². The van der Waals surface area contributed by atoms with Crippen molar-refractivity contribution in [3.8, 4) is 11.1 Å². The number of rotatable bonds is 10. The quantitative estimate of drug-likeness (QED) is 0.487. The Hall–Kier alpha value is -3.04. The minimum absolute atomic E-state index is 0.0322. The zero-order chi connectivity index (χ0) is 24.6. The molecule has 2 aromatic rings. The summed E-state index contributed by atoms with van der Waals surface area (Å²) >= 11 is 1.48. The van der Waals surface area contributed by atoms with Crippen LogP contribution in [0.4, 0.5) is 4.79 Å². The van der Waals surface area contributed by atoms with Gasteiger partial charge in [0.05, 0.1) is 12.2 Å². The standard InChI is InChI=1S/C26H31N3O5S/c30-24(29-14-12-28(13-15-29)11-9-25(31)32)18-35-16-10-27-26(33)34-17-23-21-7-3-1-5-19(21)20-6-2-4-8-22(20)23/h1-8,23H,9-18H2,(H,27,33)(H,31,32). The number of carboxylic acids is 1. The molecule has 1 aliphatic carbocycles. The predicted octanol–water partition coefficient (Wildman–Crippen LogP) is 2.88. The normalized spacial score (nSPS) is 15.4. The van der Waals surface area contributed by atoms with Gasteiger partial charge in [-0.05, 0) is 22.3 Å². The monoisotopic (exact) mass is 497 g/mol. The van der Waals surface area contributed by atoms with Crippen LogP contribution in [0.1, 0.15) is 23.5 Å². The Bertz CT molecular complexity index is 1010. The van der Waals surface area contributed by atoms with Crippen molar-refractivity contribution in [1.29, 1.82) is 0 Å². The summed E-state index contributed by atoms with van der Waals surface area (Å²) in [5.41, 5.74) is 4.75. The van der Waals surface area contributed by atoms with Crippen LogP contribution in [0, 0.1) is 0 Å². The highest BCUT2D eigenvalue weighted by Gasteiger charge is 2.29. The van der Waals surface area contributed by atoms with Gasteiger partial charge in [-0.25, -0.2) is 4.79 Å². The molecule has 0 spiro atoms. The lowest BCUT2D eigenvalue weighted by Gasteiger charge is -2.34. The molecule has 186 valence electrons. The number of hydrogen-bond donors (Lipinski definition) is 2. The Morgan fingerprint density at radius 1 is 0.971 bits per heavy atom. The molecule has 2 N–H and O–H groups in total. The van der Waals surface area contributed by atoms with Crippen molar-refractivity contribution in [3.63, 3.8) is 0 Å². The number of carbonyl (C=O) groups excluding carboxylic acids is 2. The molecular formula is C26H31N3O5S. The van der Waals surface area contributed by atoms with Crippen molar-refractivity contribution < 1.29 is 24.2 Å². The van der Waals surface area contributed by atoms with Gasteiger partial charge in [-0.3, -0.25) is 14.5 Å². The second kappa shape index (κ2) is 12.1. The highest BCUT2D eigenvalue weighted by molar-refractivity contribution is 7.99. The average Bonchev–Trinajstić information content (AvgIpc) is 3.20. The molecule has 2 aromatic carbocycles. The number of ether oxygens (including phenoxy) is 1. The molecule has 35 heavy (non-hydrogen) atoms. The third-order valence-electron chi connectivity index (χ3n) is 6.45. The molecule has 0 unspecified atom stereocenters. The van der Waals surface area contributed by atoms with E-state index in [0.29, 0.717) is 50.8 Å². The van der Waals surface area contributed by atoms with Gasteiger partial charge in [-0.1, -0.05) is 48.5 Å². The summed E-state index contributed by atoms with van der Waals surface area (Å²) in [4.78, 5) is 39.2. The summed E-state index contributed by atoms with van der Waals surface area (Å²) < 4.78 is 5.53. The molecule has 2 amide bonds. The van der Waals surface area contributed by atoms with E-state index in [1.807, 2.05) is 29.2 Å². The maximum absolute atomic E-state index is 12.4. The number of fused-ring (bicyclic) bond motifs is 3. The van der Waals surface area contributed by atoms with Crippen molar-refractivity contribution in [2.24, 2.45) is 0 Å². The molecule has 0 radical (unpaired) electrons. The first-order valence-corrected chi connectivity index (χ1v) is 13.1. The number of piperazine rings is 1. The maximum atomic E-state index is 12.4. The SMILES string of the molecule is O=C(O)CCN1CCN(C(=O)CSCCNC(=O)OCC2c3ccccc3-c3ccccc32)CC1. The van der Waals surface area contributed by atoms with Gasteiger partial charge in [0.1, 0.15) is 6.61 Å². The maximum Gasteiger partial charge on any atom is 0.407 e. The highest BCUT2D eigenvalue weighted by atomic mass is 32.2. The predicted molar refractivity (Wildman–Crippen MR) is 136 cm³/mol. The summed E-state index contributed by atoms with van der Waals surface area (Å²) in [6.07, 6.45) is -0.322. The molecule has 1 heterocycles. The van der Waals surface area contributed by atoms with Crippen molar-refractivity contribution in [2.45, 2.75) is 12.3 Å². The Morgan fingerprint density at radius 3 is 2.23 bits per heavy atom. The summed E-state index contributed by atoms with van der Waals surface area (Å²) in [5.74, 6) is 0.293. The molecule has 0 bridgehead atoms. The fourth-order valence-electron chi connectivity index (χ4n) is 4.60. The zero-order valence-electron chi connectivity index (χ0n) is 19.7. The number of nitrogens with one attached hydrogen (secondary N) is 1. The molecule has 9 heteroatoms. The minimum atomic E-state index is -0.799. The van der Waals surface area contributed by atoms with E-state index in [9.17, 15) is 14.4 Å². The fraction of sp³-hybridized carbons (Fsp3) is 0.423. The van der Waals surface area contributed by atoms with Crippen LogP contribution < -0.4 is 5.32 Å². The number of hydrogen-bond acceptors (Lipinski definition) is 6. The van der Waals surface area contributed by atoms with Crippen molar-refractivity contribution in [3.05, 3.63) is 59.7 Å². The summed E-state index contributed by atoms with van der Waals surface area (Å²) in [6.45, 7) is 3.88. The van der Waals surface area contributed by atoms with Gasteiger partial charge in [-0.15, -0.1) is 0 Å². The largest absolute Gasteiger partial charge is 0.481 e. The van der Waals surface area contributed by atoms with Crippen LogP contribution in [0.5, 0.6) is 0 Å². The molecule has 8 nitrogen and oxygen atoms in total. The number of nitrogens with zero attached hydrogens (tertiary/aromatic N) is 2. The minimum Gasteiger partial charge on any atom is -0.481 e. The van der Waals surface area contributed by atoms with Gasteiger partial charge in [0.2, 0.25) is 5.91 Å². The molecule has 4 rings (SSSR count). The molecule has 0 atom stereocenters. The number of alkyl carbamates (subject to hydrolysis) is 1. The summed E-state index contributed by atoms with van der Waals surface area (Å²) in [7, 11) is 0. The van der Waals surface area contributed by atoms with Crippen LogP contribution >= 0.6 is 11.8 Å². The lowest BCUT2D eigenvalue weighted by molar-refractivity contribution is -0.138. The van der Waals surface area contributed by atoms with Gasteiger partial charge < -0.3 is 20.1 Å². The van der Waals surface area contributed by atoms with Gasteiger partial charge >= 0.3 is 12.1 Å². The van der Waals surface area contributed by atoms with Gasteiger partial charge in [0, 0.05) is 50.9 Å². The number of carbonyl (C=O) groups is 3. The van der Waals surface area contributed by atoms with E-state index in [-0.39, 0.29) is 24.9 Å². The van der Waals surface area contributed by atoms with E-state index < -0.39 is 12.1 Å². The summed E-state index contributed by atoms with van der Waals surface area (Å²) in [5, 5.41) is 11.6. The number of amides is 2. The van der Waals surface area contributed by atoms with E-state index >= 15 is 0 Å². The van der Waals surface area contributed by atoms with Crippen LogP contribution in [-0.2, 0) is 14.3 Å². The number of aliphatic carboxylic acids is 1. The van der Waals surface area contributed by atoms with E-state index in [1.54, 1.807) is 0 Å². The third-order valence-corrected chi connectivity index (χ3v) is 7.40. The molecular weight excluding hydrogens is 466 g/mol. The highest BCUT2D eigenvalue weighted by Crippen LogP contribution is 2.44. The first-order chi connectivity index (χ1) is 17.0. The molecule has 1 aliphatic heterocycles. The Labute approximate surface area is 209 Å². The van der Waals surface area contributed by atoms with Crippen LogP contribution in [0.3, 0.4) is 0 Å². The Kier molecular flexibility index (Phi) is 8.65. The number of benzene rings is 2. The molecule has 2 aliphatic rings. The Balaban J connectivity index is 1.11. The second-order valence-corrected chi connectivity index (χ2v) is 9.78. The van der Waals surface area contributed by atoms with Crippen molar-refractivity contribution >= 4 is 29.7 Å². The van der Waals surface area contributed by atoms with Gasteiger partial charge in [-0.2, -0.15) is 11.8 Å². The molecule has 1 fully saturated rings. The topological polar surface area (TPSA) is 99.2 Å². The van der Waals surface area contributed by atoms with Crippen LogP contribution in [0.25, 0.3) is 11.1 Å². The first kappa shape index (κ1) is 25.1. The fourth-order valence-corrected chi connectivity index (χ4v) is 5.35. The smallest absolute Gasteiger partial charge is 0.407 e. The van der Waals surface area contributed by atoms with Crippen LogP contribution in [0.2, 0.25) is 0 Å². The Morgan fingerprint density at radius 2 is 1.60 bits per heavy atom. The number of carboxylic acid groups (broad SMARTS) is 1. The van der Waals surface area contributed by atoms with E-state index in [4.69, 9.17) is 9.84 Å².